The van der Waals surface area contributed by atoms with E-state index in [1.807, 2.05) is 0 Å². The van der Waals surface area contributed by atoms with Crippen molar-refractivity contribution in [2.75, 3.05) is 6.61 Å². The van der Waals surface area contributed by atoms with Crippen molar-refractivity contribution in [2.45, 2.75) is 6.92 Å². The molecule has 0 bridgehead atoms. The highest BCUT2D eigenvalue weighted by molar-refractivity contribution is 6.35. The molecule has 0 aliphatic heterocycles. The molecule has 23 heavy (non-hydrogen) atoms. The van der Waals surface area contributed by atoms with Gasteiger partial charge in [0.15, 0.2) is 6.61 Å². The highest BCUT2D eigenvalue weighted by Gasteiger charge is 2.15. The lowest BCUT2D eigenvalue weighted by Crippen LogP contribution is -2.18. The van der Waals surface area contributed by atoms with E-state index in [0.717, 1.165) is 0 Å². The quantitative estimate of drug-likeness (QED) is 0.613. The third kappa shape index (κ3) is 4.87. The fraction of sp³-hybridized carbons (Fsp3) is 0.125. The molecule has 0 aliphatic carbocycles. The number of ether oxygens (including phenoxy) is 1. The van der Waals surface area contributed by atoms with Crippen LogP contribution in [0, 0.1) is 6.92 Å². The van der Waals surface area contributed by atoms with Gasteiger partial charge in [0.2, 0.25) is 0 Å². The first kappa shape index (κ1) is 17.1. The zero-order valence-electron chi connectivity index (χ0n) is 12.0. The van der Waals surface area contributed by atoms with Crippen LogP contribution in [0.5, 0.6) is 5.75 Å². The van der Waals surface area contributed by atoms with Gasteiger partial charge < -0.3 is 4.74 Å². The molecule has 0 heterocycles. The Labute approximate surface area is 142 Å². The van der Waals surface area contributed by atoms with Gasteiger partial charge in [-0.15, -0.1) is 0 Å². The molecule has 120 valence electrons. The topological polar surface area (TPSA) is 61.8 Å². The van der Waals surface area contributed by atoms with Gasteiger partial charge >= 0.3 is 11.9 Å². The van der Waals surface area contributed by atoms with Gasteiger partial charge in [0.25, 0.3) is 0 Å². The molecule has 0 unspecified atom stereocenters. The van der Waals surface area contributed by atoms with Gasteiger partial charge in [-0.25, -0.2) is 19.4 Å². The molecule has 0 saturated carbocycles. The minimum Gasteiger partial charge on any atom is -0.480 e. The molecular formula is C16H12Cl2O5. The van der Waals surface area contributed by atoms with E-state index < -0.39 is 18.5 Å². The van der Waals surface area contributed by atoms with Crippen LogP contribution in [0.2, 0.25) is 10.0 Å². The van der Waals surface area contributed by atoms with E-state index in [4.69, 9.17) is 27.9 Å². The molecule has 0 aliphatic rings. The van der Waals surface area contributed by atoms with Crippen LogP contribution in [0.1, 0.15) is 15.9 Å². The molecule has 0 radical (unpaired) electrons. The van der Waals surface area contributed by atoms with Crippen molar-refractivity contribution in [1.82, 2.24) is 0 Å². The lowest BCUT2D eigenvalue weighted by molar-refractivity contribution is -0.235. The summed E-state index contributed by atoms with van der Waals surface area (Å²) < 4.78 is 5.16. The first-order valence-corrected chi connectivity index (χ1v) is 7.28. The fourth-order valence-corrected chi connectivity index (χ4v) is 2.15. The standard InChI is InChI=1S/C16H12Cl2O5/c1-10-4-2-3-5-12(10)16(20)23-22-15(19)9-21-14-7-6-11(17)8-13(14)18/h2-8H,9H2,1H3. The van der Waals surface area contributed by atoms with E-state index >= 15 is 0 Å². The monoisotopic (exact) mass is 354 g/mol. The van der Waals surface area contributed by atoms with Gasteiger partial charge in [0.1, 0.15) is 5.75 Å². The van der Waals surface area contributed by atoms with E-state index in [0.29, 0.717) is 16.1 Å². The van der Waals surface area contributed by atoms with Crippen molar-refractivity contribution < 1.29 is 24.1 Å². The van der Waals surface area contributed by atoms with Crippen molar-refractivity contribution in [1.29, 1.82) is 0 Å². The fourth-order valence-electron chi connectivity index (χ4n) is 1.68. The van der Waals surface area contributed by atoms with Crippen molar-refractivity contribution >= 4 is 35.1 Å². The average molecular weight is 355 g/mol. The first-order chi connectivity index (χ1) is 11.0. The number of aryl methyl sites for hydroxylation is 1. The zero-order valence-corrected chi connectivity index (χ0v) is 13.6. The van der Waals surface area contributed by atoms with Crippen molar-refractivity contribution in [3.63, 3.8) is 0 Å². The molecule has 7 heteroatoms. The molecule has 0 fully saturated rings. The van der Waals surface area contributed by atoms with Crippen molar-refractivity contribution in [3.05, 3.63) is 63.6 Å². The van der Waals surface area contributed by atoms with Crippen LogP contribution in [-0.2, 0) is 14.6 Å². The molecule has 2 aromatic rings. The van der Waals surface area contributed by atoms with Gasteiger partial charge in [-0.2, -0.15) is 0 Å². The van der Waals surface area contributed by atoms with Crippen LogP contribution in [0.15, 0.2) is 42.5 Å². The Balaban J connectivity index is 1.83. The molecule has 0 saturated heterocycles. The Morgan fingerprint density at radius 3 is 2.48 bits per heavy atom. The van der Waals surface area contributed by atoms with Crippen LogP contribution < -0.4 is 4.74 Å². The van der Waals surface area contributed by atoms with Crippen molar-refractivity contribution in [2.24, 2.45) is 0 Å². The summed E-state index contributed by atoms with van der Waals surface area (Å²) in [6.07, 6.45) is 0. The van der Waals surface area contributed by atoms with Gasteiger partial charge in [-0.1, -0.05) is 41.4 Å². The van der Waals surface area contributed by atoms with E-state index in [2.05, 4.69) is 9.78 Å². The SMILES string of the molecule is Cc1ccccc1C(=O)OOC(=O)COc1ccc(Cl)cc1Cl. The molecule has 0 atom stereocenters. The Morgan fingerprint density at radius 2 is 1.78 bits per heavy atom. The third-order valence-electron chi connectivity index (χ3n) is 2.81. The largest absolute Gasteiger partial charge is 0.480 e. The number of hydrogen-bond donors (Lipinski definition) is 0. The summed E-state index contributed by atoms with van der Waals surface area (Å²) in [5.41, 5.74) is 1.01. The highest BCUT2D eigenvalue weighted by atomic mass is 35.5. The molecule has 0 N–H and O–H groups in total. The molecule has 0 amide bonds. The molecule has 5 nitrogen and oxygen atoms in total. The predicted octanol–water partition coefficient (Wildman–Crippen LogP) is 4.00. The van der Waals surface area contributed by atoms with Gasteiger partial charge in [-0.3, -0.25) is 0 Å². The zero-order chi connectivity index (χ0) is 16.8. The molecule has 0 aromatic heterocycles. The maximum Gasteiger partial charge on any atom is 0.392 e. The molecule has 0 spiro atoms. The maximum atomic E-state index is 11.8. The molecule has 2 rings (SSSR count). The maximum absolute atomic E-state index is 11.8. The summed E-state index contributed by atoms with van der Waals surface area (Å²) in [6.45, 7) is 1.27. The van der Waals surface area contributed by atoms with E-state index in [9.17, 15) is 9.59 Å². The lowest BCUT2D eigenvalue weighted by atomic mass is 10.1. The second-order valence-corrected chi connectivity index (χ2v) is 5.35. The molecule has 2 aromatic carbocycles. The van der Waals surface area contributed by atoms with Crippen LogP contribution >= 0.6 is 23.2 Å². The molecular weight excluding hydrogens is 343 g/mol. The van der Waals surface area contributed by atoms with E-state index in [-0.39, 0.29) is 10.8 Å². The Bertz CT molecular complexity index is 730. The second kappa shape index (κ2) is 7.85. The summed E-state index contributed by atoms with van der Waals surface area (Å²) in [7, 11) is 0. The van der Waals surface area contributed by atoms with Crippen LogP contribution in [-0.4, -0.2) is 18.5 Å². The second-order valence-electron chi connectivity index (χ2n) is 4.50. The minimum atomic E-state index is -0.877. The van der Waals surface area contributed by atoms with Crippen LogP contribution in [0.4, 0.5) is 0 Å². The predicted molar refractivity (Wildman–Crippen MR) is 84.6 cm³/mol. The minimum absolute atomic E-state index is 0.252. The normalized spacial score (nSPS) is 10.0. The highest BCUT2D eigenvalue weighted by Crippen LogP contribution is 2.27. The van der Waals surface area contributed by atoms with Crippen molar-refractivity contribution in [3.8, 4) is 5.75 Å². The van der Waals surface area contributed by atoms with E-state index in [1.54, 1.807) is 37.3 Å². The summed E-state index contributed by atoms with van der Waals surface area (Å²) in [4.78, 5) is 32.2. The average Bonchev–Trinajstić information content (AvgIpc) is 2.52. The summed E-state index contributed by atoms with van der Waals surface area (Å²) >= 11 is 11.6. The third-order valence-corrected chi connectivity index (χ3v) is 3.35. The summed E-state index contributed by atoms with van der Waals surface area (Å²) in [5.74, 6) is -1.38. The van der Waals surface area contributed by atoms with Gasteiger partial charge in [-0.05, 0) is 36.8 Å². The summed E-state index contributed by atoms with van der Waals surface area (Å²) in [6, 6.07) is 11.3. The van der Waals surface area contributed by atoms with Gasteiger partial charge in [0.05, 0.1) is 10.6 Å². The smallest absolute Gasteiger partial charge is 0.392 e. The number of halogens is 2. The number of carbonyl (C=O) groups is 2. The first-order valence-electron chi connectivity index (χ1n) is 6.52. The summed E-state index contributed by atoms with van der Waals surface area (Å²) in [5, 5.41) is 0.694. The van der Waals surface area contributed by atoms with Gasteiger partial charge in [0, 0.05) is 5.02 Å². The number of carbonyl (C=O) groups excluding carboxylic acids is 2. The van der Waals surface area contributed by atoms with Crippen LogP contribution in [0.3, 0.4) is 0 Å². The Kier molecular flexibility index (Phi) is 5.84. The number of benzene rings is 2. The number of rotatable bonds is 4. The van der Waals surface area contributed by atoms with Crippen LogP contribution in [0.25, 0.3) is 0 Å². The Hall–Kier alpha value is -2.24. The Morgan fingerprint density at radius 1 is 1.04 bits per heavy atom. The lowest BCUT2D eigenvalue weighted by Gasteiger charge is -2.08. The number of hydrogen-bond acceptors (Lipinski definition) is 5. The van der Waals surface area contributed by atoms with E-state index in [1.165, 1.54) is 12.1 Å².